The van der Waals surface area contributed by atoms with Crippen LogP contribution in [0.1, 0.15) is 45.4 Å². The lowest BCUT2D eigenvalue weighted by Crippen LogP contribution is -2.34. The molecule has 0 radical (unpaired) electrons. The van der Waals surface area contributed by atoms with Crippen LogP contribution in [0.15, 0.2) is 0 Å². The molecule has 0 saturated heterocycles. The number of hydrogen-bond donors (Lipinski definition) is 1. The summed E-state index contributed by atoms with van der Waals surface area (Å²) in [5, 5.41) is 3.71. The highest BCUT2D eigenvalue weighted by molar-refractivity contribution is 4.93. The van der Waals surface area contributed by atoms with E-state index < -0.39 is 0 Å². The Morgan fingerprint density at radius 1 is 1.20 bits per heavy atom. The van der Waals surface area contributed by atoms with E-state index in [2.05, 4.69) is 12.2 Å². The van der Waals surface area contributed by atoms with Crippen LogP contribution in [0.3, 0.4) is 0 Å². The maximum absolute atomic E-state index is 5.47. The smallest absolute Gasteiger partial charge is 0.0478 e. The first-order valence-corrected chi connectivity index (χ1v) is 6.71. The third-order valence-corrected chi connectivity index (χ3v) is 3.96. The average Bonchev–Trinajstić information content (AvgIpc) is 2.85. The highest BCUT2D eigenvalue weighted by Gasteiger charge is 2.38. The summed E-state index contributed by atoms with van der Waals surface area (Å²) in [5.41, 5.74) is 0. The molecule has 3 atom stereocenters. The summed E-state index contributed by atoms with van der Waals surface area (Å²) in [5.74, 6) is 2.07. The summed E-state index contributed by atoms with van der Waals surface area (Å²) in [6, 6.07) is 0.843. The van der Waals surface area contributed by atoms with E-state index in [1.165, 1.54) is 32.1 Å². The van der Waals surface area contributed by atoms with Crippen LogP contribution in [-0.2, 0) is 4.74 Å². The van der Waals surface area contributed by atoms with Gasteiger partial charge in [-0.2, -0.15) is 0 Å². The zero-order chi connectivity index (χ0) is 10.5. The Kier molecular flexibility index (Phi) is 4.45. The second-order valence-electron chi connectivity index (χ2n) is 5.20. The van der Waals surface area contributed by atoms with Crippen molar-refractivity contribution in [3.63, 3.8) is 0 Å². The van der Waals surface area contributed by atoms with E-state index in [1.54, 1.807) is 0 Å². The highest BCUT2D eigenvalue weighted by atomic mass is 16.5. The van der Waals surface area contributed by atoms with Gasteiger partial charge >= 0.3 is 0 Å². The van der Waals surface area contributed by atoms with Crippen molar-refractivity contribution >= 4 is 0 Å². The van der Waals surface area contributed by atoms with Gasteiger partial charge in [-0.3, -0.25) is 0 Å². The van der Waals surface area contributed by atoms with Crippen LogP contribution in [0.5, 0.6) is 0 Å². The molecular formula is C13H25NO. The van der Waals surface area contributed by atoms with Crippen molar-refractivity contribution in [3.8, 4) is 0 Å². The van der Waals surface area contributed by atoms with Crippen molar-refractivity contribution < 1.29 is 4.74 Å². The first kappa shape index (κ1) is 11.4. The van der Waals surface area contributed by atoms with E-state index in [4.69, 9.17) is 4.74 Å². The molecule has 0 amide bonds. The van der Waals surface area contributed by atoms with Crippen molar-refractivity contribution in [2.45, 2.75) is 51.5 Å². The van der Waals surface area contributed by atoms with Crippen LogP contribution in [0.2, 0.25) is 0 Å². The van der Waals surface area contributed by atoms with Gasteiger partial charge < -0.3 is 10.1 Å². The Balaban J connectivity index is 1.48. The number of nitrogens with one attached hydrogen (secondary N) is 1. The predicted molar refractivity (Wildman–Crippen MR) is 63.0 cm³/mol. The Labute approximate surface area is 93.8 Å². The fraction of sp³-hybridized carbons (Fsp3) is 1.00. The van der Waals surface area contributed by atoms with E-state index in [-0.39, 0.29) is 0 Å². The molecule has 0 spiro atoms. The Hall–Kier alpha value is -0.0800. The van der Waals surface area contributed by atoms with Crippen LogP contribution in [0.4, 0.5) is 0 Å². The van der Waals surface area contributed by atoms with E-state index in [9.17, 15) is 0 Å². The molecule has 2 rings (SSSR count). The SMILES string of the molecule is CCCOCCCNC1CC2CCC1C2. The molecule has 15 heavy (non-hydrogen) atoms. The summed E-state index contributed by atoms with van der Waals surface area (Å²) in [7, 11) is 0. The fourth-order valence-electron chi connectivity index (χ4n) is 3.20. The zero-order valence-electron chi connectivity index (χ0n) is 10.0. The maximum Gasteiger partial charge on any atom is 0.0478 e. The predicted octanol–water partition coefficient (Wildman–Crippen LogP) is 2.58. The minimum atomic E-state index is 0.843. The highest BCUT2D eigenvalue weighted by Crippen LogP contribution is 2.44. The van der Waals surface area contributed by atoms with E-state index in [0.717, 1.165) is 44.1 Å². The van der Waals surface area contributed by atoms with Crippen LogP contribution >= 0.6 is 0 Å². The van der Waals surface area contributed by atoms with Gasteiger partial charge in [-0.05, 0) is 50.5 Å². The van der Waals surface area contributed by atoms with Crippen molar-refractivity contribution in [1.29, 1.82) is 0 Å². The van der Waals surface area contributed by atoms with Gasteiger partial charge in [-0.25, -0.2) is 0 Å². The summed E-state index contributed by atoms with van der Waals surface area (Å²) < 4.78 is 5.47. The molecule has 2 nitrogen and oxygen atoms in total. The lowest BCUT2D eigenvalue weighted by atomic mass is 9.95. The Morgan fingerprint density at radius 2 is 2.13 bits per heavy atom. The lowest BCUT2D eigenvalue weighted by molar-refractivity contribution is 0.131. The molecule has 0 aliphatic heterocycles. The minimum Gasteiger partial charge on any atom is -0.381 e. The van der Waals surface area contributed by atoms with Gasteiger partial charge in [0.25, 0.3) is 0 Å². The number of hydrogen-bond acceptors (Lipinski definition) is 2. The zero-order valence-corrected chi connectivity index (χ0v) is 10.0. The summed E-state index contributed by atoms with van der Waals surface area (Å²) in [6.45, 7) is 5.17. The van der Waals surface area contributed by atoms with Crippen LogP contribution < -0.4 is 5.32 Å². The van der Waals surface area contributed by atoms with Crippen LogP contribution in [0, 0.1) is 11.8 Å². The average molecular weight is 211 g/mol. The lowest BCUT2D eigenvalue weighted by Gasteiger charge is -2.22. The Bertz CT molecular complexity index is 183. The van der Waals surface area contributed by atoms with Gasteiger partial charge in [0.2, 0.25) is 0 Å². The summed E-state index contributed by atoms with van der Waals surface area (Å²) in [4.78, 5) is 0. The molecule has 88 valence electrons. The largest absolute Gasteiger partial charge is 0.381 e. The molecule has 0 aromatic heterocycles. The van der Waals surface area contributed by atoms with Crippen molar-refractivity contribution in [2.24, 2.45) is 11.8 Å². The van der Waals surface area contributed by atoms with Gasteiger partial charge in [-0.1, -0.05) is 13.3 Å². The fourth-order valence-corrected chi connectivity index (χ4v) is 3.20. The maximum atomic E-state index is 5.47. The van der Waals surface area contributed by atoms with Gasteiger partial charge in [0.05, 0.1) is 0 Å². The summed E-state index contributed by atoms with van der Waals surface area (Å²) in [6.07, 6.45) is 8.25. The van der Waals surface area contributed by atoms with Crippen LogP contribution in [0.25, 0.3) is 0 Å². The third kappa shape index (κ3) is 3.18. The molecule has 0 aromatic rings. The molecular weight excluding hydrogens is 186 g/mol. The number of fused-ring (bicyclic) bond motifs is 2. The molecule has 3 unspecified atom stereocenters. The normalized spacial score (nSPS) is 33.8. The van der Waals surface area contributed by atoms with Crippen LogP contribution in [-0.4, -0.2) is 25.8 Å². The number of ether oxygens (including phenoxy) is 1. The van der Waals surface area contributed by atoms with Gasteiger partial charge in [0.1, 0.15) is 0 Å². The monoisotopic (exact) mass is 211 g/mol. The van der Waals surface area contributed by atoms with E-state index in [0.29, 0.717) is 0 Å². The first-order chi connectivity index (χ1) is 7.40. The first-order valence-electron chi connectivity index (χ1n) is 6.71. The molecule has 0 aromatic carbocycles. The molecule has 2 aliphatic carbocycles. The van der Waals surface area contributed by atoms with Gasteiger partial charge in [-0.15, -0.1) is 0 Å². The number of rotatable bonds is 7. The van der Waals surface area contributed by atoms with E-state index >= 15 is 0 Å². The van der Waals surface area contributed by atoms with Gasteiger partial charge in [0, 0.05) is 19.3 Å². The Morgan fingerprint density at radius 3 is 2.80 bits per heavy atom. The molecule has 2 saturated carbocycles. The molecule has 2 heteroatoms. The second-order valence-corrected chi connectivity index (χ2v) is 5.20. The van der Waals surface area contributed by atoms with Crippen molar-refractivity contribution in [3.05, 3.63) is 0 Å². The standard InChI is InChI=1S/C13H25NO/c1-2-7-15-8-3-6-14-13-10-11-4-5-12(13)9-11/h11-14H,2-10H2,1H3. The topological polar surface area (TPSA) is 21.3 Å². The van der Waals surface area contributed by atoms with Crippen molar-refractivity contribution in [1.82, 2.24) is 5.32 Å². The quantitative estimate of drug-likeness (QED) is 0.654. The summed E-state index contributed by atoms with van der Waals surface area (Å²) >= 11 is 0. The molecule has 0 heterocycles. The third-order valence-electron chi connectivity index (χ3n) is 3.96. The second kappa shape index (κ2) is 5.86. The molecule has 2 aliphatic rings. The molecule has 2 fully saturated rings. The minimum absolute atomic E-state index is 0.843. The van der Waals surface area contributed by atoms with E-state index in [1.807, 2.05) is 0 Å². The van der Waals surface area contributed by atoms with Crippen molar-refractivity contribution in [2.75, 3.05) is 19.8 Å². The molecule has 2 bridgehead atoms. The van der Waals surface area contributed by atoms with Gasteiger partial charge in [0.15, 0.2) is 0 Å². The molecule has 1 N–H and O–H groups in total.